The number of nitrogens with one attached hydrogen (secondary N) is 1. The summed E-state index contributed by atoms with van der Waals surface area (Å²) in [5, 5.41) is 13.2. The van der Waals surface area contributed by atoms with Crippen molar-refractivity contribution in [2.45, 2.75) is 46.6 Å². The summed E-state index contributed by atoms with van der Waals surface area (Å²) in [4.78, 5) is 26.8. The van der Waals surface area contributed by atoms with E-state index in [1.54, 1.807) is 17.0 Å². The number of amides is 2. The summed E-state index contributed by atoms with van der Waals surface area (Å²) in [7, 11) is 0. The van der Waals surface area contributed by atoms with E-state index in [9.17, 15) is 14.7 Å². The van der Waals surface area contributed by atoms with E-state index < -0.39 is 0 Å². The zero-order valence-electron chi connectivity index (χ0n) is 15.3. The molecule has 1 heterocycles. The molecular weight excluding hydrogens is 384 g/mol. The van der Waals surface area contributed by atoms with Crippen LogP contribution in [0.25, 0.3) is 0 Å². The molecule has 1 atom stereocenters. The maximum atomic E-state index is 12.7. The predicted molar refractivity (Wildman–Crippen MR) is 102 cm³/mol. The van der Waals surface area contributed by atoms with E-state index in [0.717, 1.165) is 5.56 Å². The highest BCUT2D eigenvalue weighted by Crippen LogP contribution is 2.31. The highest BCUT2D eigenvalue weighted by molar-refractivity contribution is 9.10. The van der Waals surface area contributed by atoms with Gasteiger partial charge in [-0.3, -0.25) is 9.59 Å². The number of aryl methyl sites for hydroxylation is 1. The second kappa shape index (κ2) is 8.21. The highest BCUT2D eigenvalue weighted by atomic mass is 79.9. The molecule has 0 radical (unpaired) electrons. The minimum atomic E-state index is -0.184. The molecule has 138 valence electrons. The van der Waals surface area contributed by atoms with Gasteiger partial charge in [-0.25, -0.2) is 0 Å². The van der Waals surface area contributed by atoms with Gasteiger partial charge >= 0.3 is 0 Å². The number of aromatic hydroxyl groups is 1. The third kappa shape index (κ3) is 4.75. The van der Waals surface area contributed by atoms with Gasteiger partial charge in [0.1, 0.15) is 5.75 Å². The SMILES string of the molecule is Cc1cc(Br)c(O)c(C(=O)N2CCC(C(=O)N[C@@H](C)C(C)C)CC2)c1. The lowest BCUT2D eigenvalue weighted by atomic mass is 9.94. The number of phenolic OH excluding ortho intramolecular Hbond substituents is 1. The molecule has 2 amide bonds. The molecule has 1 fully saturated rings. The summed E-state index contributed by atoms with van der Waals surface area (Å²) in [5.41, 5.74) is 1.22. The molecule has 0 aromatic heterocycles. The average Bonchev–Trinajstić information content (AvgIpc) is 2.57. The van der Waals surface area contributed by atoms with E-state index in [1.807, 2.05) is 13.8 Å². The number of rotatable bonds is 4. The van der Waals surface area contributed by atoms with E-state index in [-0.39, 0.29) is 29.5 Å². The topological polar surface area (TPSA) is 69.6 Å². The number of nitrogens with zero attached hydrogens (tertiary/aromatic N) is 1. The van der Waals surface area contributed by atoms with Crippen LogP contribution in [0.3, 0.4) is 0 Å². The molecule has 1 aromatic rings. The lowest BCUT2D eigenvalue weighted by Crippen LogP contribution is -2.45. The van der Waals surface area contributed by atoms with Crippen LogP contribution < -0.4 is 5.32 Å². The Balaban J connectivity index is 1.98. The summed E-state index contributed by atoms with van der Waals surface area (Å²) in [5.74, 6) is 0.212. The molecule has 1 aliphatic rings. The van der Waals surface area contributed by atoms with Crippen LogP contribution in [0.5, 0.6) is 5.75 Å². The van der Waals surface area contributed by atoms with Gasteiger partial charge < -0.3 is 15.3 Å². The fraction of sp³-hybridized carbons (Fsp3) is 0.579. The van der Waals surface area contributed by atoms with Gasteiger partial charge in [0, 0.05) is 25.0 Å². The Bertz CT molecular complexity index is 652. The molecule has 5 nitrogen and oxygen atoms in total. The highest BCUT2D eigenvalue weighted by Gasteiger charge is 2.30. The van der Waals surface area contributed by atoms with Crippen molar-refractivity contribution in [3.8, 4) is 5.75 Å². The zero-order valence-corrected chi connectivity index (χ0v) is 16.9. The lowest BCUT2D eigenvalue weighted by Gasteiger charge is -2.32. The fourth-order valence-electron chi connectivity index (χ4n) is 2.92. The number of likely N-dealkylation sites (tertiary alicyclic amines) is 1. The third-order valence-corrected chi connectivity index (χ3v) is 5.57. The average molecular weight is 411 g/mol. The molecule has 0 spiro atoms. The molecule has 0 saturated carbocycles. The van der Waals surface area contributed by atoms with Crippen LogP contribution in [0.1, 0.15) is 49.5 Å². The standard InChI is InChI=1S/C19H27BrN2O3/c1-11(2)13(4)21-18(24)14-5-7-22(8-6-14)19(25)15-9-12(3)10-16(20)17(15)23/h9-11,13-14,23H,5-8H2,1-4H3,(H,21,24)/t13-/m0/s1. The zero-order chi connectivity index (χ0) is 18.7. The van der Waals surface area contributed by atoms with Gasteiger partial charge in [-0.05, 0) is 66.2 Å². The molecule has 0 aliphatic carbocycles. The van der Waals surface area contributed by atoms with E-state index in [2.05, 4.69) is 35.1 Å². The minimum absolute atomic E-state index is 0.0266. The first-order chi connectivity index (χ1) is 11.7. The van der Waals surface area contributed by atoms with Gasteiger partial charge in [-0.1, -0.05) is 13.8 Å². The van der Waals surface area contributed by atoms with Crippen LogP contribution in [0.4, 0.5) is 0 Å². The van der Waals surface area contributed by atoms with Crippen LogP contribution in [0, 0.1) is 18.8 Å². The van der Waals surface area contributed by atoms with Crippen molar-refractivity contribution in [1.82, 2.24) is 10.2 Å². The first-order valence-electron chi connectivity index (χ1n) is 8.79. The van der Waals surface area contributed by atoms with Gasteiger partial charge in [0.15, 0.2) is 0 Å². The van der Waals surface area contributed by atoms with Crippen molar-refractivity contribution in [1.29, 1.82) is 0 Å². The Hall–Kier alpha value is -1.56. The second-order valence-electron chi connectivity index (χ2n) is 7.25. The summed E-state index contributed by atoms with van der Waals surface area (Å²) < 4.78 is 0.521. The van der Waals surface area contributed by atoms with Gasteiger partial charge in [-0.15, -0.1) is 0 Å². The van der Waals surface area contributed by atoms with Crippen molar-refractivity contribution < 1.29 is 14.7 Å². The van der Waals surface area contributed by atoms with Crippen LogP contribution in [0.2, 0.25) is 0 Å². The number of piperidine rings is 1. The maximum absolute atomic E-state index is 12.7. The smallest absolute Gasteiger partial charge is 0.257 e. The van der Waals surface area contributed by atoms with Crippen molar-refractivity contribution in [3.63, 3.8) is 0 Å². The molecule has 2 N–H and O–H groups in total. The van der Waals surface area contributed by atoms with E-state index in [0.29, 0.717) is 41.9 Å². The van der Waals surface area contributed by atoms with Crippen LogP contribution >= 0.6 is 15.9 Å². The number of carbonyl (C=O) groups is 2. The van der Waals surface area contributed by atoms with Gasteiger partial charge in [-0.2, -0.15) is 0 Å². The van der Waals surface area contributed by atoms with Crippen molar-refractivity contribution >= 4 is 27.7 Å². The molecule has 6 heteroatoms. The Labute approximate surface area is 157 Å². The van der Waals surface area contributed by atoms with Crippen LogP contribution in [-0.4, -0.2) is 41.0 Å². The quantitative estimate of drug-likeness (QED) is 0.797. The maximum Gasteiger partial charge on any atom is 0.257 e. The molecule has 1 aromatic carbocycles. The third-order valence-electron chi connectivity index (χ3n) is 4.96. The van der Waals surface area contributed by atoms with Crippen molar-refractivity contribution in [3.05, 3.63) is 27.7 Å². The Morgan fingerprint density at radius 2 is 1.84 bits per heavy atom. The normalized spacial score (nSPS) is 16.8. The van der Waals surface area contributed by atoms with E-state index >= 15 is 0 Å². The summed E-state index contributed by atoms with van der Waals surface area (Å²) in [6.07, 6.45) is 1.30. The minimum Gasteiger partial charge on any atom is -0.506 e. The molecule has 0 bridgehead atoms. The van der Waals surface area contributed by atoms with Crippen molar-refractivity contribution in [2.24, 2.45) is 11.8 Å². The molecule has 1 aliphatic heterocycles. The van der Waals surface area contributed by atoms with Gasteiger partial charge in [0.25, 0.3) is 5.91 Å². The largest absolute Gasteiger partial charge is 0.506 e. The molecule has 0 unspecified atom stereocenters. The predicted octanol–water partition coefficient (Wildman–Crippen LogP) is 3.48. The molecule has 1 saturated heterocycles. The lowest BCUT2D eigenvalue weighted by molar-refractivity contribution is -0.127. The molecule has 2 rings (SSSR count). The van der Waals surface area contributed by atoms with Crippen LogP contribution in [-0.2, 0) is 4.79 Å². The Morgan fingerprint density at radius 3 is 2.40 bits per heavy atom. The van der Waals surface area contributed by atoms with Crippen LogP contribution in [0.15, 0.2) is 16.6 Å². The summed E-state index contributed by atoms with van der Waals surface area (Å²) in [6, 6.07) is 3.62. The first kappa shape index (κ1) is 19.8. The fourth-order valence-corrected chi connectivity index (χ4v) is 3.50. The number of hydrogen-bond donors (Lipinski definition) is 2. The van der Waals surface area contributed by atoms with E-state index in [1.165, 1.54) is 0 Å². The summed E-state index contributed by atoms with van der Waals surface area (Å²) in [6.45, 7) is 9.11. The number of carbonyl (C=O) groups excluding carboxylic acids is 2. The Morgan fingerprint density at radius 1 is 1.24 bits per heavy atom. The number of halogens is 1. The monoisotopic (exact) mass is 410 g/mol. The second-order valence-corrected chi connectivity index (χ2v) is 8.11. The molecule has 25 heavy (non-hydrogen) atoms. The van der Waals surface area contributed by atoms with Gasteiger partial charge in [0.2, 0.25) is 5.91 Å². The number of benzene rings is 1. The summed E-state index contributed by atoms with van der Waals surface area (Å²) >= 11 is 3.28. The van der Waals surface area contributed by atoms with Gasteiger partial charge in [0.05, 0.1) is 10.0 Å². The molecular formula is C19H27BrN2O3. The number of phenols is 1. The number of hydrogen-bond acceptors (Lipinski definition) is 3. The van der Waals surface area contributed by atoms with Crippen molar-refractivity contribution in [2.75, 3.05) is 13.1 Å². The first-order valence-corrected chi connectivity index (χ1v) is 9.58. The van der Waals surface area contributed by atoms with E-state index in [4.69, 9.17) is 0 Å². The Kier molecular flexibility index (Phi) is 6.49.